The van der Waals surface area contributed by atoms with Crippen molar-refractivity contribution in [2.75, 3.05) is 13.7 Å². The predicted molar refractivity (Wildman–Crippen MR) is 127 cm³/mol. The molecule has 8 nitrogen and oxygen atoms in total. The molecule has 2 amide bonds. The summed E-state index contributed by atoms with van der Waals surface area (Å²) in [6.07, 6.45) is 0. The lowest BCUT2D eigenvalue weighted by Crippen LogP contribution is -2.49. The van der Waals surface area contributed by atoms with Crippen molar-refractivity contribution in [2.45, 2.75) is 26.2 Å². The van der Waals surface area contributed by atoms with Crippen molar-refractivity contribution in [3.63, 3.8) is 0 Å². The molecule has 0 atom stereocenters. The first-order valence-corrected chi connectivity index (χ1v) is 10.7. The first kappa shape index (κ1) is 25.3. The van der Waals surface area contributed by atoms with Crippen LogP contribution in [-0.4, -0.2) is 36.6 Å². The van der Waals surface area contributed by atoms with Gasteiger partial charge in [-0.15, -0.1) is 0 Å². The second-order valence-electron chi connectivity index (χ2n) is 7.71. The summed E-state index contributed by atoms with van der Waals surface area (Å²) in [4.78, 5) is 35.6. The number of ether oxygens (including phenoxy) is 2. The van der Waals surface area contributed by atoms with E-state index < -0.39 is 17.8 Å². The number of hydrogen-bond donors (Lipinski definition) is 3. The first-order chi connectivity index (χ1) is 15.0. The predicted octanol–water partition coefficient (Wildman–Crippen LogP) is 3.25. The molecule has 2 rings (SSSR count). The van der Waals surface area contributed by atoms with Gasteiger partial charge in [-0.2, -0.15) is 0 Å². The van der Waals surface area contributed by atoms with Crippen LogP contribution in [0.2, 0.25) is 0 Å². The number of halogens is 1. The third kappa shape index (κ3) is 7.31. The van der Waals surface area contributed by atoms with Gasteiger partial charge in [-0.05, 0) is 75.5 Å². The molecule has 2 aromatic carbocycles. The molecule has 0 aromatic heterocycles. The summed E-state index contributed by atoms with van der Waals surface area (Å²) in [6.45, 7) is 6.06. The van der Waals surface area contributed by atoms with Crippen LogP contribution < -0.4 is 20.9 Å². The van der Waals surface area contributed by atoms with Gasteiger partial charge in [0.05, 0.1) is 17.1 Å². The van der Waals surface area contributed by atoms with E-state index in [0.29, 0.717) is 11.3 Å². The molecule has 0 saturated heterocycles. The highest BCUT2D eigenvalue weighted by Gasteiger charge is 2.16. The van der Waals surface area contributed by atoms with E-state index in [1.165, 1.54) is 31.4 Å². The minimum absolute atomic E-state index is 0.00807. The van der Waals surface area contributed by atoms with Crippen LogP contribution in [0.1, 0.15) is 47.1 Å². The molecule has 0 aliphatic rings. The highest BCUT2D eigenvalue weighted by molar-refractivity contribution is 9.10. The molecule has 170 valence electrons. The summed E-state index contributed by atoms with van der Waals surface area (Å²) < 4.78 is 10.9. The molecule has 0 heterocycles. The van der Waals surface area contributed by atoms with Crippen LogP contribution in [0.5, 0.6) is 5.75 Å². The molecular formula is C22H24BrN3O5S. The van der Waals surface area contributed by atoms with Gasteiger partial charge in [-0.1, -0.05) is 26.8 Å². The maximum atomic E-state index is 12.2. The lowest BCUT2D eigenvalue weighted by atomic mass is 9.87. The fourth-order valence-electron chi connectivity index (χ4n) is 2.47. The van der Waals surface area contributed by atoms with Crippen LogP contribution in [0.4, 0.5) is 0 Å². The summed E-state index contributed by atoms with van der Waals surface area (Å²) in [5.41, 5.74) is 6.50. The largest absolute Gasteiger partial charge is 0.483 e. The molecule has 3 N–H and O–H groups in total. The Morgan fingerprint density at radius 2 is 1.62 bits per heavy atom. The number of hydrogen-bond acceptors (Lipinski definition) is 6. The third-order valence-corrected chi connectivity index (χ3v) is 5.09. The van der Waals surface area contributed by atoms with E-state index in [1.807, 2.05) is 12.1 Å². The average Bonchev–Trinajstić information content (AvgIpc) is 2.75. The van der Waals surface area contributed by atoms with Crippen molar-refractivity contribution in [3.05, 3.63) is 63.6 Å². The fraction of sp³-hybridized carbons (Fsp3) is 0.273. The Morgan fingerprint density at radius 3 is 2.19 bits per heavy atom. The van der Waals surface area contributed by atoms with E-state index in [0.717, 1.165) is 10.0 Å². The molecule has 0 radical (unpaired) electrons. The Bertz CT molecular complexity index is 1020. The number of esters is 1. The van der Waals surface area contributed by atoms with Gasteiger partial charge in [-0.25, -0.2) is 4.79 Å². The van der Waals surface area contributed by atoms with Crippen LogP contribution in [0.15, 0.2) is 46.9 Å². The van der Waals surface area contributed by atoms with Crippen LogP contribution in [0.3, 0.4) is 0 Å². The zero-order valence-corrected chi connectivity index (χ0v) is 20.5. The number of methoxy groups -OCH3 is 1. The molecule has 10 heteroatoms. The number of thiocarbonyl (C=S) groups is 1. The highest BCUT2D eigenvalue weighted by atomic mass is 79.9. The number of carbonyl (C=O) groups excluding carboxylic acids is 3. The van der Waals surface area contributed by atoms with Gasteiger partial charge in [0.15, 0.2) is 11.7 Å². The van der Waals surface area contributed by atoms with Gasteiger partial charge in [-0.3, -0.25) is 25.8 Å². The smallest absolute Gasteiger partial charge is 0.337 e. The number of amides is 2. The second kappa shape index (κ2) is 11.1. The maximum absolute atomic E-state index is 12.2. The molecule has 2 aromatic rings. The minimum Gasteiger partial charge on any atom is -0.483 e. The van der Waals surface area contributed by atoms with Crippen molar-refractivity contribution in [3.8, 4) is 5.75 Å². The molecule has 0 saturated carbocycles. The molecular weight excluding hydrogens is 498 g/mol. The van der Waals surface area contributed by atoms with Crippen LogP contribution >= 0.6 is 28.1 Å². The summed E-state index contributed by atoms with van der Waals surface area (Å²) >= 11 is 8.45. The van der Waals surface area contributed by atoms with E-state index in [4.69, 9.17) is 17.0 Å². The number of rotatable bonds is 5. The highest BCUT2D eigenvalue weighted by Crippen LogP contribution is 2.31. The zero-order valence-electron chi connectivity index (χ0n) is 18.1. The number of hydrazine groups is 1. The fourth-order valence-corrected chi connectivity index (χ4v) is 3.11. The summed E-state index contributed by atoms with van der Waals surface area (Å²) in [6, 6.07) is 11.5. The first-order valence-electron chi connectivity index (χ1n) is 9.52. The number of nitrogens with one attached hydrogen (secondary N) is 3. The topological polar surface area (TPSA) is 106 Å². The summed E-state index contributed by atoms with van der Waals surface area (Å²) in [5.74, 6) is -0.973. The number of carbonyl (C=O) groups is 3. The van der Waals surface area contributed by atoms with Gasteiger partial charge in [0.1, 0.15) is 5.75 Å². The van der Waals surface area contributed by atoms with E-state index in [-0.39, 0.29) is 22.7 Å². The van der Waals surface area contributed by atoms with Crippen molar-refractivity contribution < 1.29 is 23.9 Å². The third-order valence-electron chi connectivity index (χ3n) is 4.27. The van der Waals surface area contributed by atoms with E-state index in [2.05, 4.69) is 57.6 Å². The Balaban J connectivity index is 1.80. The minimum atomic E-state index is -0.507. The van der Waals surface area contributed by atoms with Crippen LogP contribution in [0, 0.1) is 0 Å². The maximum Gasteiger partial charge on any atom is 0.337 e. The lowest BCUT2D eigenvalue weighted by Gasteiger charge is -2.20. The lowest BCUT2D eigenvalue weighted by molar-refractivity contribution is -0.123. The standard InChI is InChI=1S/C22H24BrN3O5S/c1-22(2,3)15-9-10-17(16(23)11-15)31-12-18(27)25-26-21(32)24-19(28)13-5-7-14(8-6-13)20(29)30-4/h5-11H,12H2,1-4H3,(H,25,27)(H2,24,26,28,32). The zero-order chi connectivity index (χ0) is 23.9. The summed E-state index contributed by atoms with van der Waals surface area (Å²) in [5, 5.41) is 2.32. The molecule has 0 spiro atoms. The monoisotopic (exact) mass is 521 g/mol. The normalized spacial score (nSPS) is 10.7. The van der Waals surface area contributed by atoms with Crippen molar-refractivity contribution >= 4 is 51.0 Å². The molecule has 0 bridgehead atoms. The Hall–Kier alpha value is -2.98. The van der Waals surface area contributed by atoms with Gasteiger partial charge in [0, 0.05) is 5.56 Å². The average molecular weight is 522 g/mol. The molecule has 0 fully saturated rings. The van der Waals surface area contributed by atoms with Gasteiger partial charge < -0.3 is 9.47 Å². The van der Waals surface area contributed by atoms with Crippen molar-refractivity contribution in [1.29, 1.82) is 0 Å². The second-order valence-corrected chi connectivity index (χ2v) is 8.97. The van der Waals surface area contributed by atoms with Gasteiger partial charge >= 0.3 is 5.97 Å². The Kier molecular flexibility index (Phi) is 8.73. The molecule has 0 aliphatic heterocycles. The van der Waals surface area contributed by atoms with Crippen molar-refractivity contribution in [1.82, 2.24) is 16.2 Å². The molecule has 0 aliphatic carbocycles. The van der Waals surface area contributed by atoms with Gasteiger partial charge in [0.2, 0.25) is 0 Å². The van der Waals surface area contributed by atoms with Crippen LogP contribution in [0.25, 0.3) is 0 Å². The Morgan fingerprint density at radius 1 is 1.00 bits per heavy atom. The van der Waals surface area contributed by atoms with Crippen LogP contribution in [-0.2, 0) is 14.9 Å². The van der Waals surface area contributed by atoms with Crippen molar-refractivity contribution in [2.24, 2.45) is 0 Å². The van der Waals surface area contributed by atoms with E-state index >= 15 is 0 Å². The Labute approximate surface area is 200 Å². The van der Waals surface area contributed by atoms with Gasteiger partial charge in [0.25, 0.3) is 11.8 Å². The SMILES string of the molecule is COC(=O)c1ccc(C(=O)NC(=S)NNC(=O)COc2ccc(C(C)(C)C)cc2Br)cc1. The molecule has 0 unspecified atom stereocenters. The summed E-state index contributed by atoms with van der Waals surface area (Å²) in [7, 11) is 1.27. The van der Waals surface area contributed by atoms with E-state index in [1.54, 1.807) is 6.07 Å². The molecule has 32 heavy (non-hydrogen) atoms. The number of benzene rings is 2. The quantitative estimate of drug-likeness (QED) is 0.315. The van der Waals surface area contributed by atoms with E-state index in [9.17, 15) is 14.4 Å².